The highest BCUT2D eigenvalue weighted by atomic mass is 19.4. The Labute approximate surface area is 96.4 Å². The number of aromatic amines is 2. The van der Waals surface area contributed by atoms with E-state index >= 15 is 0 Å². The fourth-order valence-corrected chi connectivity index (χ4v) is 1.44. The van der Waals surface area contributed by atoms with Crippen LogP contribution in [0.3, 0.4) is 0 Å². The van der Waals surface area contributed by atoms with Crippen molar-refractivity contribution in [2.24, 2.45) is 0 Å². The lowest BCUT2D eigenvalue weighted by Gasteiger charge is -2.09. The fraction of sp³-hybridized carbons (Fsp3) is 0.222. The van der Waals surface area contributed by atoms with Crippen LogP contribution in [0.4, 0.5) is 13.2 Å². The Morgan fingerprint density at radius 3 is 2.56 bits per heavy atom. The molecule has 2 rings (SSSR count). The average molecular weight is 261 g/mol. The zero-order chi connectivity index (χ0) is 13.5. The van der Waals surface area contributed by atoms with Crippen LogP contribution in [-0.2, 0) is 0 Å². The van der Waals surface area contributed by atoms with Crippen LogP contribution in [-0.4, -0.2) is 21.3 Å². The van der Waals surface area contributed by atoms with Crippen LogP contribution >= 0.6 is 0 Å². The van der Waals surface area contributed by atoms with E-state index in [4.69, 9.17) is 0 Å². The molecule has 2 N–H and O–H groups in total. The second kappa shape index (κ2) is 3.86. The third kappa shape index (κ3) is 2.34. The van der Waals surface area contributed by atoms with Gasteiger partial charge in [-0.05, 0) is 12.5 Å². The number of nitrogens with zero attached hydrogens (tertiary/aromatic N) is 1. The maximum atomic E-state index is 12.0. The standard InChI is InChI=1S/C9H6F3N3O3/c1-3-2-4(18-9(10,11)12)13-6-5(3)14-8(17)15-7(6)16/h2H,1H3,(H2,14,15,16,17). The molecule has 2 aromatic heterocycles. The minimum atomic E-state index is -4.90. The van der Waals surface area contributed by atoms with Gasteiger partial charge in [0.1, 0.15) is 0 Å². The maximum Gasteiger partial charge on any atom is 0.574 e. The molecule has 0 aliphatic carbocycles. The molecule has 0 fully saturated rings. The van der Waals surface area contributed by atoms with Crippen molar-refractivity contribution in [3.8, 4) is 5.88 Å². The summed E-state index contributed by atoms with van der Waals surface area (Å²) in [5.41, 5.74) is -1.67. The van der Waals surface area contributed by atoms with Crippen LogP contribution < -0.4 is 16.0 Å². The van der Waals surface area contributed by atoms with Gasteiger partial charge in [0.05, 0.1) is 5.52 Å². The van der Waals surface area contributed by atoms with Gasteiger partial charge >= 0.3 is 12.1 Å². The molecule has 18 heavy (non-hydrogen) atoms. The Morgan fingerprint density at radius 1 is 1.28 bits per heavy atom. The van der Waals surface area contributed by atoms with Crippen molar-refractivity contribution >= 4 is 11.0 Å². The van der Waals surface area contributed by atoms with E-state index in [1.165, 1.54) is 6.92 Å². The first-order valence-electron chi connectivity index (χ1n) is 4.66. The largest absolute Gasteiger partial charge is 0.574 e. The van der Waals surface area contributed by atoms with Gasteiger partial charge in [0.15, 0.2) is 5.52 Å². The number of hydrogen-bond acceptors (Lipinski definition) is 4. The summed E-state index contributed by atoms with van der Waals surface area (Å²) in [6.45, 7) is 1.42. The Kier molecular flexibility index (Phi) is 2.60. The molecule has 2 aromatic rings. The summed E-state index contributed by atoms with van der Waals surface area (Å²) in [5.74, 6) is -0.759. The Morgan fingerprint density at radius 2 is 1.94 bits per heavy atom. The Hall–Kier alpha value is -2.32. The maximum absolute atomic E-state index is 12.0. The molecule has 0 bridgehead atoms. The second-order valence-electron chi connectivity index (χ2n) is 3.46. The SMILES string of the molecule is Cc1cc(OC(F)(F)F)nc2c(=O)[nH]c(=O)[nH]c12. The number of fused-ring (bicyclic) bond motifs is 1. The summed E-state index contributed by atoms with van der Waals surface area (Å²) >= 11 is 0. The first-order valence-corrected chi connectivity index (χ1v) is 4.66. The lowest BCUT2D eigenvalue weighted by Crippen LogP contribution is -2.24. The number of hydrogen-bond donors (Lipinski definition) is 2. The highest BCUT2D eigenvalue weighted by Gasteiger charge is 2.32. The number of nitrogens with one attached hydrogen (secondary N) is 2. The predicted octanol–water partition coefficient (Wildman–Crippen LogP) is 0.818. The predicted molar refractivity (Wildman–Crippen MR) is 54.4 cm³/mol. The molecule has 0 aliphatic heterocycles. The first-order chi connectivity index (χ1) is 8.26. The van der Waals surface area contributed by atoms with Crippen molar-refractivity contribution in [2.75, 3.05) is 0 Å². The van der Waals surface area contributed by atoms with Gasteiger partial charge in [-0.3, -0.25) is 9.78 Å². The number of ether oxygens (including phenoxy) is 1. The van der Waals surface area contributed by atoms with Gasteiger partial charge in [-0.15, -0.1) is 13.2 Å². The van der Waals surface area contributed by atoms with E-state index in [0.29, 0.717) is 0 Å². The van der Waals surface area contributed by atoms with E-state index in [9.17, 15) is 22.8 Å². The zero-order valence-corrected chi connectivity index (χ0v) is 8.88. The van der Waals surface area contributed by atoms with Crippen molar-refractivity contribution in [1.82, 2.24) is 15.0 Å². The topological polar surface area (TPSA) is 87.8 Å². The molecule has 9 heteroatoms. The van der Waals surface area contributed by atoms with Crippen LogP contribution in [0.5, 0.6) is 5.88 Å². The van der Waals surface area contributed by atoms with Gasteiger partial charge in [-0.1, -0.05) is 0 Å². The molecule has 0 saturated carbocycles. The summed E-state index contributed by atoms with van der Waals surface area (Å²) in [6, 6.07) is 0.977. The minimum Gasteiger partial charge on any atom is -0.388 e. The highest BCUT2D eigenvalue weighted by molar-refractivity contribution is 5.76. The number of rotatable bonds is 1. The zero-order valence-electron chi connectivity index (χ0n) is 8.88. The molecular weight excluding hydrogens is 255 g/mol. The summed E-state index contributed by atoms with van der Waals surface area (Å²) in [5, 5.41) is 0. The third-order valence-electron chi connectivity index (χ3n) is 2.09. The molecule has 0 aliphatic rings. The van der Waals surface area contributed by atoms with Gasteiger partial charge < -0.3 is 9.72 Å². The molecule has 2 heterocycles. The van der Waals surface area contributed by atoms with Gasteiger partial charge in [-0.2, -0.15) is 0 Å². The van der Waals surface area contributed by atoms with Crippen LogP contribution in [0.1, 0.15) is 5.56 Å². The van der Waals surface area contributed by atoms with E-state index in [0.717, 1.165) is 6.07 Å². The fourth-order valence-electron chi connectivity index (χ4n) is 1.44. The molecule has 0 saturated heterocycles. The summed E-state index contributed by atoms with van der Waals surface area (Å²) in [6.07, 6.45) is -4.90. The second-order valence-corrected chi connectivity index (χ2v) is 3.46. The third-order valence-corrected chi connectivity index (χ3v) is 2.09. The number of aromatic nitrogens is 3. The van der Waals surface area contributed by atoms with Crippen molar-refractivity contribution in [1.29, 1.82) is 0 Å². The smallest absolute Gasteiger partial charge is 0.388 e. The molecule has 6 nitrogen and oxygen atoms in total. The van der Waals surface area contributed by atoms with E-state index in [1.54, 1.807) is 0 Å². The van der Waals surface area contributed by atoms with Crippen LogP contribution in [0.25, 0.3) is 11.0 Å². The summed E-state index contributed by atoms with van der Waals surface area (Å²) < 4.78 is 39.7. The Balaban J connectivity index is 2.70. The van der Waals surface area contributed by atoms with E-state index in [1.807, 2.05) is 4.98 Å². The van der Waals surface area contributed by atoms with Crippen LogP contribution in [0.2, 0.25) is 0 Å². The van der Waals surface area contributed by atoms with Crippen molar-refractivity contribution < 1.29 is 17.9 Å². The molecule has 0 spiro atoms. The number of alkyl halides is 3. The number of halogens is 3. The molecule has 0 radical (unpaired) electrons. The van der Waals surface area contributed by atoms with Crippen LogP contribution in [0, 0.1) is 6.92 Å². The molecule has 0 unspecified atom stereocenters. The van der Waals surface area contributed by atoms with Crippen molar-refractivity contribution in [3.63, 3.8) is 0 Å². The van der Waals surface area contributed by atoms with Gasteiger partial charge in [0.25, 0.3) is 5.56 Å². The number of pyridine rings is 1. The first kappa shape index (κ1) is 12.1. The normalized spacial score (nSPS) is 11.8. The van der Waals surface area contributed by atoms with E-state index in [-0.39, 0.29) is 16.6 Å². The van der Waals surface area contributed by atoms with Gasteiger partial charge in [-0.25, -0.2) is 9.78 Å². The molecule has 0 atom stereocenters. The van der Waals surface area contributed by atoms with Crippen LogP contribution in [0.15, 0.2) is 15.7 Å². The molecular formula is C9H6F3N3O3. The monoisotopic (exact) mass is 261 g/mol. The Bertz CT molecular complexity index is 717. The molecule has 0 amide bonds. The number of H-pyrrole nitrogens is 2. The molecule has 96 valence electrons. The lowest BCUT2D eigenvalue weighted by atomic mass is 10.2. The van der Waals surface area contributed by atoms with Gasteiger partial charge in [0.2, 0.25) is 5.88 Å². The highest BCUT2D eigenvalue weighted by Crippen LogP contribution is 2.23. The summed E-state index contributed by atoms with van der Waals surface area (Å²) in [4.78, 5) is 30.0. The number of aryl methyl sites for hydroxylation is 1. The minimum absolute atomic E-state index is 0.0678. The average Bonchev–Trinajstić information content (AvgIpc) is 2.17. The summed E-state index contributed by atoms with van der Waals surface area (Å²) in [7, 11) is 0. The van der Waals surface area contributed by atoms with Crippen molar-refractivity contribution in [2.45, 2.75) is 13.3 Å². The molecule has 0 aromatic carbocycles. The quantitative estimate of drug-likeness (QED) is 0.795. The lowest BCUT2D eigenvalue weighted by molar-refractivity contribution is -0.276. The van der Waals surface area contributed by atoms with Crippen molar-refractivity contribution in [3.05, 3.63) is 32.5 Å². The van der Waals surface area contributed by atoms with Gasteiger partial charge in [0, 0.05) is 6.07 Å². The van der Waals surface area contributed by atoms with E-state index < -0.39 is 23.5 Å². The van der Waals surface area contributed by atoms with E-state index in [2.05, 4.69) is 14.7 Å².